The molecule has 2 aliphatic heterocycles. The molecule has 1 N–H and O–H groups in total. The Balaban J connectivity index is 1.06. The van der Waals surface area contributed by atoms with Crippen LogP contribution in [0.5, 0.6) is 5.75 Å². The summed E-state index contributed by atoms with van der Waals surface area (Å²) in [5, 5.41) is 2.77. The molecule has 46 heavy (non-hydrogen) atoms. The predicted octanol–water partition coefficient (Wildman–Crippen LogP) is 7.44. The van der Waals surface area contributed by atoms with Gasteiger partial charge in [0.25, 0.3) is 11.8 Å². The van der Waals surface area contributed by atoms with Gasteiger partial charge < -0.3 is 15.0 Å². The number of hydrogen-bond donors (Lipinski definition) is 1. The lowest BCUT2D eigenvalue weighted by Gasteiger charge is -2.47. The molecular formula is C35H36ClF4N3O3. The van der Waals surface area contributed by atoms with E-state index in [2.05, 4.69) is 10.2 Å². The molecule has 244 valence electrons. The lowest BCUT2D eigenvalue weighted by atomic mass is 9.71. The zero-order chi connectivity index (χ0) is 32.6. The van der Waals surface area contributed by atoms with Crippen LogP contribution in [0.4, 0.5) is 17.6 Å². The highest BCUT2D eigenvalue weighted by atomic mass is 35.5. The molecule has 1 atom stereocenters. The zero-order valence-electron chi connectivity index (χ0n) is 25.6. The minimum atomic E-state index is -4.60. The predicted molar refractivity (Wildman–Crippen MR) is 166 cm³/mol. The Labute approximate surface area is 270 Å². The van der Waals surface area contributed by atoms with Gasteiger partial charge >= 0.3 is 6.18 Å². The molecule has 0 radical (unpaired) electrons. The number of amides is 2. The summed E-state index contributed by atoms with van der Waals surface area (Å²) in [6.45, 7) is 3.50. The topological polar surface area (TPSA) is 61.9 Å². The van der Waals surface area contributed by atoms with Crippen LogP contribution in [0.1, 0.15) is 81.1 Å². The number of nitrogens with zero attached hydrogens (tertiary/aromatic N) is 2. The fourth-order valence-corrected chi connectivity index (χ4v) is 7.36. The Bertz CT molecular complexity index is 1630. The summed E-state index contributed by atoms with van der Waals surface area (Å²) in [5.74, 6) is -0.454. The van der Waals surface area contributed by atoms with Crippen LogP contribution in [0.2, 0.25) is 5.02 Å². The minimum absolute atomic E-state index is 0.0634. The molecule has 1 aliphatic carbocycles. The van der Waals surface area contributed by atoms with Crippen LogP contribution in [-0.4, -0.2) is 54.9 Å². The molecule has 0 bridgehead atoms. The van der Waals surface area contributed by atoms with E-state index < -0.39 is 23.7 Å². The molecule has 2 amide bonds. The number of hydrogen-bond acceptors (Lipinski definition) is 4. The van der Waals surface area contributed by atoms with Crippen LogP contribution in [-0.2, 0) is 19.1 Å². The Kier molecular flexibility index (Phi) is 9.04. The summed E-state index contributed by atoms with van der Waals surface area (Å²) in [5.41, 5.74) is 1.88. The summed E-state index contributed by atoms with van der Waals surface area (Å²) >= 11 is 6.09. The van der Waals surface area contributed by atoms with Crippen molar-refractivity contribution in [3.63, 3.8) is 0 Å². The SMILES string of the molecule is COc1cccc(F)c1CN1CCC2(CC1)CCN(C(=O)c1ccc3c(c1)C(NC(=O)c1cc(C(F)(F)F)ccc1Cl)CC3)CC2. The van der Waals surface area contributed by atoms with Crippen LogP contribution < -0.4 is 10.1 Å². The first kappa shape index (κ1) is 32.3. The molecule has 3 aromatic rings. The first-order chi connectivity index (χ1) is 22.0. The van der Waals surface area contributed by atoms with Gasteiger partial charge in [0, 0.05) is 30.8 Å². The molecule has 0 saturated carbocycles. The molecule has 0 aromatic heterocycles. The second-order valence-corrected chi connectivity index (χ2v) is 13.1. The first-order valence-corrected chi connectivity index (χ1v) is 16.0. The van der Waals surface area contributed by atoms with Gasteiger partial charge in [-0.05, 0) is 111 Å². The van der Waals surface area contributed by atoms with Crippen molar-refractivity contribution in [3.8, 4) is 5.75 Å². The van der Waals surface area contributed by atoms with Gasteiger partial charge in [-0.3, -0.25) is 14.5 Å². The van der Waals surface area contributed by atoms with Gasteiger partial charge in [0.15, 0.2) is 0 Å². The van der Waals surface area contributed by atoms with Gasteiger partial charge in [-0.25, -0.2) is 4.39 Å². The van der Waals surface area contributed by atoms with Gasteiger partial charge in [0.1, 0.15) is 11.6 Å². The molecule has 1 spiro atoms. The number of piperidine rings is 2. The summed E-state index contributed by atoms with van der Waals surface area (Å²) in [7, 11) is 1.55. The summed E-state index contributed by atoms with van der Waals surface area (Å²) in [6.07, 6.45) is 0.427. The number of likely N-dealkylation sites (tertiary alicyclic amines) is 2. The molecule has 2 saturated heterocycles. The van der Waals surface area contributed by atoms with E-state index in [1.165, 1.54) is 6.07 Å². The van der Waals surface area contributed by atoms with Crippen LogP contribution in [0.15, 0.2) is 54.6 Å². The van der Waals surface area contributed by atoms with E-state index in [9.17, 15) is 27.2 Å². The van der Waals surface area contributed by atoms with Crippen LogP contribution in [0.25, 0.3) is 0 Å². The number of carbonyl (C=O) groups is 2. The molecule has 11 heteroatoms. The van der Waals surface area contributed by atoms with Gasteiger partial charge in [0.2, 0.25) is 0 Å². The van der Waals surface area contributed by atoms with Crippen molar-refractivity contribution < 1.29 is 31.9 Å². The number of halogens is 5. The third-order valence-electron chi connectivity index (χ3n) is 10.0. The Morgan fingerprint density at radius 2 is 1.72 bits per heavy atom. The molecule has 2 fully saturated rings. The van der Waals surface area contributed by atoms with Crippen molar-refractivity contribution in [2.24, 2.45) is 5.41 Å². The fourth-order valence-electron chi connectivity index (χ4n) is 7.16. The Morgan fingerprint density at radius 3 is 2.41 bits per heavy atom. The highest BCUT2D eigenvalue weighted by Gasteiger charge is 2.39. The smallest absolute Gasteiger partial charge is 0.416 e. The number of methoxy groups -OCH3 is 1. The monoisotopic (exact) mass is 657 g/mol. The maximum absolute atomic E-state index is 14.5. The maximum Gasteiger partial charge on any atom is 0.416 e. The lowest BCUT2D eigenvalue weighted by Crippen LogP contribution is -2.48. The van der Waals surface area contributed by atoms with E-state index >= 15 is 0 Å². The Hall–Kier alpha value is -3.63. The van der Waals surface area contributed by atoms with Gasteiger partial charge in [0.05, 0.1) is 29.3 Å². The zero-order valence-corrected chi connectivity index (χ0v) is 26.3. The summed E-state index contributed by atoms with van der Waals surface area (Å²) < 4.78 is 59.6. The molecule has 3 aromatic carbocycles. The molecule has 2 heterocycles. The normalized spacial score (nSPS) is 19.6. The standard InChI is InChI=1S/C35H36ClF4N3O3/c1-46-31-4-2-3-29(37)27(31)21-42-15-11-34(12-16-42)13-17-43(18-14-34)33(45)23-6-5-22-7-10-30(25(22)19-23)41-32(44)26-20-24(35(38,39)40)8-9-28(26)36/h2-6,8-9,19-20,30H,7,10-18,21H2,1H3,(H,41,44). The second kappa shape index (κ2) is 12.9. The van der Waals surface area contributed by atoms with Crippen molar-refractivity contribution in [2.45, 2.75) is 57.3 Å². The van der Waals surface area contributed by atoms with Crippen molar-refractivity contribution in [1.29, 1.82) is 0 Å². The molecule has 3 aliphatic rings. The van der Waals surface area contributed by atoms with E-state index in [1.54, 1.807) is 19.2 Å². The molecule has 6 rings (SSSR count). The number of aryl methyl sites for hydroxylation is 1. The third-order valence-corrected chi connectivity index (χ3v) is 10.3. The van der Waals surface area contributed by atoms with Crippen molar-refractivity contribution in [3.05, 3.63) is 98.8 Å². The summed E-state index contributed by atoms with van der Waals surface area (Å²) in [6, 6.07) is 12.7. The van der Waals surface area contributed by atoms with Crippen molar-refractivity contribution >= 4 is 23.4 Å². The third kappa shape index (κ3) is 6.60. The average Bonchev–Trinajstić information content (AvgIpc) is 3.44. The maximum atomic E-state index is 14.5. The highest BCUT2D eigenvalue weighted by molar-refractivity contribution is 6.33. The minimum Gasteiger partial charge on any atom is -0.496 e. The van der Waals surface area contributed by atoms with Gasteiger partial charge in [-0.15, -0.1) is 0 Å². The van der Waals surface area contributed by atoms with Crippen molar-refractivity contribution in [1.82, 2.24) is 15.1 Å². The van der Waals surface area contributed by atoms with E-state index in [1.807, 2.05) is 23.1 Å². The fraction of sp³-hybridized carbons (Fsp3) is 0.429. The van der Waals surface area contributed by atoms with E-state index in [4.69, 9.17) is 16.3 Å². The lowest BCUT2D eigenvalue weighted by molar-refractivity contribution is -0.137. The largest absolute Gasteiger partial charge is 0.496 e. The van der Waals surface area contributed by atoms with Crippen LogP contribution in [0, 0.1) is 11.2 Å². The molecule has 6 nitrogen and oxygen atoms in total. The van der Waals surface area contributed by atoms with Crippen LogP contribution in [0.3, 0.4) is 0 Å². The second-order valence-electron chi connectivity index (χ2n) is 12.7. The number of rotatable bonds is 6. The number of fused-ring (bicyclic) bond motifs is 1. The first-order valence-electron chi connectivity index (χ1n) is 15.6. The summed E-state index contributed by atoms with van der Waals surface area (Å²) in [4.78, 5) is 30.8. The Morgan fingerprint density at radius 1 is 1.00 bits per heavy atom. The van der Waals surface area contributed by atoms with Crippen LogP contribution >= 0.6 is 11.6 Å². The molecular weight excluding hydrogens is 622 g/mol. The molecule has 1 unspecified atom stereocenters. The number of carbonyl (C=O) groups excluding carboxylic acids is 2. The van der Waals surface area contributed by atoms with Crippen molar-refractivity contribution in [2.75, 3.05) is 33.3 Å². The number of benzene rings is 3. The van der Waals surface area contributed by atoms with Gasteiger partial charge in [-0.2, -0.15) is 13.2 Å². The number of alkyl halides is 3. The van der Waals surface area contributed by atoms with Gasteiger partial charge in [-0.1, -0.05) is 23.7 Å². The number of ether oxygens (including phenoxy) is 1. The average molecular weight is 658 g/mol. The van der Waals surface area contributed by atoms with E-state index in [0.717, 1.165) is 68.1 Å². The van der Waals surface area contributed by atoms with E-state index in [0.29, 0.717) is 49.4 Å². The highest BCUT2D eigenvalue weighted by Crippen LogP contribution is 2.42. The number of nitrogens with one attached hydrogen (secondary N) is 1. The van der Waals surface area contributed by atoms with E-state index in [-0.39, 0.29) is 27.7 Å². The quantitative estimate of drug-likeness (QED) is 0.280.